The second-order valence-electron chi connectivity index (χ2n) is 7.50. The molecule has 0 aromatic heterocycles. The lowest BCUT2D eigenvalue weighted by Crippen LogP contribution is -2.38. The Morgan fingerprint density at radius 2 is 1.81 bits per heavy atom. The summed E-state index contributed by atoms with van der Waals surface area (Å²) in [7, 11) is 0. The van der Waals surface area contributed by atoms with Crippen LogP contribution in [0.15, 0.2) is 48.5 Å². The van der Waals surface area contributed by atoms with E-state index in [1.807, 2.05) is 17.0 Å². The van der Waals surface area contributed by atoms with E-state index in [-0.39, 0.29) is 5.91 Å². The predicted octanol–water partition coefficient (Wildman–Crippen LogP) is 3.85. The quantitative estimate of drug-likeness (QED) is 0.912. The van der Waals surface area contributed by atoms with Crippen LogP contribution in [0.4, 0.5) is 0 Å². The number of benzene rings is 2. The summed E-state index contributed by atoms with van der Waals surface area (Å²) in [4.78, 5) is 25.7. The molecular weight excluding hydrogens is 326 g/mol. The maximum absolute atomic E-state index is 12.7. The molecule has 0 radical (unpaired) electrons. The van der Waals surface area contributed by atoms with Crippen molar-refractivity contribution in [1.29, 1.82) is 0 Å². The second kappa shape index (κ2) is 6.94. The van der Waals surface area contributed by atoms with Gasteiger partial charge in [-0.15, -0.1) is 0 Å². The van der Waals surface area contributed by atoms with Gasteiger partial charge in [-0.2, -0.15) is 0 Å². The van der Waals surface area contributed by atoms with Gasteiger partial charge in [0.25, 0.3) is 0 Å². The summed E-state index contributed by atoms with van der Waals surface area (Å²) in [6.07, 6.45) is 3.59. The van der Waals surface area contributed by atoms with E-state index in [9.17, 15) is 9.59 Å². The molecule has 0 bridgehead atoms. The van der Waals surface area contributed by atoms with Crippen molar-refractivity contribution in [2.75, 3.05) is 6.54 Å². The van der Waals surface area contributed by atoms with Gasteiger partial charge in [-0.25, -0.2) is 4.79 Å². The van der Waals surface area contributed by atoms with Crippen LogP contribution in [-0.2, 0) is 17.8 Å². The number of carbonyl (C=O) groups excluding carboxylic acids is 1. The number of fused-ring (bicyclic) bond motifs is 1. The molecular formula is C22H23NO3. The molecule has 1 N–H and O–H groups in total. The van der Waals surface area contributed by atoms with E-state index < -0.39 is 5.97 Å². The third-order valence-corrected chi connectivity index (χ3v) is 5.79. The van der Waals surface area contributed by atoms with Gasteiger partial charge in [0.1, 0.15) is 0 Å². The molecule has 2 aliphatic rings. The topological polar surface area (TPSA) is 57.6 Å². The number of nitrogens with zero attached hydrogens (tertiary/aromatic N) is 1. The lowest BCUT2D eigenvalue weighted by molar-refractivity contribution is -0.133. The number of carboxylic acid groups (broad SMARTS) is 1. The molecule has 1 aliphatic carbocycles. The first-order chi connectivity index (χ1) is 12.6. The highest BCUT2D eigenvalue weighted by Crippen LogP contribution is 2.43. The molecule has 0 saturated heterocycles. The van der Waals surface area contributed by atoms with Crippen LogP contribution in [0.1, 0.15) is 52.2 Å². The fraction of sp³-hybridized carbons (Fsp3) is 0.364. The minimum atomic E-state index is -0.919. The molecule has 0 spiro atoms. The van der Waals surface area contributed by atoms with Crippen LogP contribution >= 0.6 is 0 Å². The van der Waals surface area contributed by atoms with Crippen molar-refractivity contribution in [1.82, 2.24) is 4.90 Å². The number of carboxylic acids is 1. The zero-order valence-electron chi connectivity index (χ0n) is 14.7. The molecule has 1 amide bonds. The van der Waals surface area contributed by atoms with Crippen molar-refractivity contribution in [3.05, 3.63) is 70.8 Å². The van der Waals surface area contributed by atoms with Crippen LogP contribution in [-0.4, -0.2) is 28.4 Å². The highest BCUT2D eigenvalue weighted by atomic mass is 16.4. The van der Waals surface area contributed by atoms with Gasteiger partial charge in [0.2, 0.25) is 5.91 Å². The average molecular weight is 349 g/mol. The molecule has 1 aliphatic heterocycles. The maximum Gasteiger partial charge on any atom is 0.335 e. The van der Waals surface area contributed by atoms with Gasteiger partial charge in [-0.3, -0.25) is 4.79 Å². The number of carbonyl (C=O) groups is 2. The summed E-state index contributed by atoms with van der Waals surface area (Å²) in [5.74, 6) is 0.347. The molecule has 26 heavy (non-hydrogen) atoms. The Hall–Kier alpha value is -2.62. The van der Waals surface area contributed by atoms with Crippen LogP contribution in [0.3, 0.4) is 0 Å². The summed E-state index contributed by atoms with van der Waals surface area (Å²) in [6, 6.07) is 15.8. The van der Waals surface area contributed by atoms with Crippen molar-refractivity contribution in [3.63, 3.8) is 0 Å². The maximum atomic E-state index is 12.7. The number of amides is 1. The SMILES string of the molecule is O=C(O)c1ccc2c(c1)CN(C(=O)CC1CC(c3ccccc3)C1)CC2. The Morgan fingerprint density at radius 1 is 1.04 bits per heavy atom. The summed E-state index contributed by atoms with van der Waals surface area (Å²) in [6.45, 7) is 1.26. The Morgan fingerprint density at radius 3 is 2.54 bits per heavy atom. The standard InChI is InChI=1S/C22H23NO3/c24-21(12-15-10-19(11-15)16-4-2-1-3-5-16)23-9-8-17-6-7-18(22(25)26)13-20(17)14-23/h1-7,13,15,19H,8-12,14H2,(H,25,26). The smallest absolute Gasteiger partial charge is 0.335 e. The van der Waals surface area contributed by atoms with Crippen molar-refractivity contribution in [2.45, 2.75) is 38.1 Å². The van der Waals surface area contributed by atoms with Gasteiger partial charge in [0.15, 0.2) is 0 Å². The molecule has 1 fully saturated rings. The minimum absolute atomic E-state index is 0.202. The fourth-order valence-corrected chi connectivity index (χ4v) is 4.18. The Balaban J connectivity index is 1.34. The van der Waals surface area contributed by atoms with E-state index in [2.05, 4.69) is 24.3 Å². The van der Waals surface area contributed by atoms with Crippen molar-refractivity contribution in [3.8, 4) is 0 Å². The molecule has 4 heteroatoms. The molecule has 1 heterocycles. The van der Waals surface area contributed by atoms with E-state index in [4.69, 9.17) is 5.11 Å². The molecule has 2 aromatic carbocycles. The first-order valence-corrected chi connectivity index (χ1v) is 9.28. The van der Waals surface area contributed by atoms with Crippen molar-refractivity contribution >= 4 is 11.9 Å². The van der Waals surface area contributed by atoms with Gasteiger partial charge in [-0.1, -0.05) is 36.4 Å². The zero-order chi connectivity index (χ0) is 18.1. The van der Waals surface area contributed by atoms with Gasteiger partial charge >= 0.3 is 5.97 Å². The second-order valence-corrected chi connectivity index (χ2v) is 7.50. The number of hydrogen-bond acceptors (Lipinski definition) is 2. The number of aromatic carboxylic acids is 1. The Labute approximate surface area is 153 Å². The normalized spacial score (nSPS) is 21.6. The van der Waals surface area contributed by atoms with Crippen LogP contribution in [0, 0.1) is 5.92 Å². The van der Waals surface area contributed by atoms with Crippen molar-refractivity contribution < 1.29 is 14.7 Å². The van der Waals surface area contributed by atoms with Gasteiger partial charge in [0.05, 0.1) is 5.56 Å². The Bertz CT molecular complexity index is 825. The van der Waals surface area contributed by atoms with E-state index in [1.165, 1.54) is 5.56 Å². The Kier molecular flexibility index (Phi) is 4.49. The highest BCUT2D eigenvalue weighted by Gasteiger charge is 2.33. The predicted molar refractivity (Wildman–Crippen MR) is 99.0 cm³/mol. The molecule has 2 aromatic rings. The van der Waals surface area contributed by atoms with Crippen LogP contribution in [0.5, 0.6) is 0 Å². The lowest BCUT2D eigenvalue weighted by Gasteiger charge is -2.37. The summed E-state index contributed by atoms with van der Waals surface area (Å²) < 4.78 is 0. The third kappa shape index (κ3) is 3.36. The lowest BCUT2D eigenvalue weighted by atomic mass is 9.70. The number of rotatable bonds is 4. The van der Waals surface area contributed by atoms with Gasteiger partial charge < -0.3 is 10.0 Å². The zero-order valence-corrected chi connectivity index (χ0v) is 14.7. The molecule has 0 atom stereocenters. The summed E-state index contributed by atoms with van der Waals surface area (Å²) >= 11 is 0. The number of hydrogen-bond donors (Lipinski definition) is 1. The first-order valence-electron chi connectivity index (χ1n) is 9.28. The third-order valence-electron chi connectivity index (χ3n) is 5.79. The van der Waals surface area contributed by atoms with E-state index in [0.29, 0.717) is 30.4 Å². The summed E-state index contributed by atoms with van der Waals surface area (Å²) in [5, 5.41) is 9.16. The molecule has 4 nitrogen and oxygen atoms in total. The van der Waals surface area contributed by atoms with E-state index >= 15 is 0 Å². The fourth-order valence-electron chi connectivity index (χ4n) is 4.18. The van der Waals surface area contributed by atoms with E-state index in [1.54, 1.807) is 12.1 Å². The van der Waals surface area contributed by atoms with Crippen LogP contribution < -0.4 is 0 Å². The van der Waals surface area contributed by atoms with Crippen molar-refractivity contribution in [2.24, 2.45) is 5.92 Å². The van der Waals surface area contributed by atoms with Crippen LogP contribution in [0.2, 0.25) is 0 Å². The average Bonchev–Trinajstić information content (AvgIpc) is 2.63. The molecule has 4 rings (SSSR count). The van der Waals surface area contributed by atoms with Gasteiger partial charge in [-0.05, 0) is 59.9 Å². The first kappa shape index (κ1) is 16.8. The molecule has 134 valence electrons. The highest BCUT2D eigenvalue weighted by molar-refractivity contribution is 5.88. The minimum Gasteiger partial charge on any atom is -0.478 e. The monoisotopic (exact) mass is 349 g/mol. The molecule has 0 unspecified atom stereocenters. The van der Waals surface area contributed by atoms with Gasteiger partial charge in [0, 0.05) is 19.5 Å². The summed E-state index contributed by atoms with van der Waals surface area (Å²) in [5.41, 5.74) is 3.80. The largest absolute Gasteiger partial charge is 0.478 e. The van der Waals surface area contributed by atoms with Crippen LogP contribution in [0.25, 0.3) is 0 Å². The van der Waals surface area contributed by atoms with E-state index in [0.717, 1.165) is 36.9 Å². The molecule has 1 saturated carbocycles.